The molecule has 0 unspecified atom stereocenters. The van der Waals surface area contributed by atoms with Crippen LogP contribution in [0.2, 0.25) is 0 Å². The maximum atomic E-state index is 11.2. The standard InChI is InChI=1S/C7H16N2O2S/c1-9(2)6-5-8-12(10,11)7-3-4-7/h7-8H,3-6H2,1-2H3. The van der Waals surface area contributed by atoms with E-state index in [4.69, 9.17) is 0 Å². The first-order valence-electron chi connectivity index (χ1n) is 4.15. The second-order valence-electron chi connectivity index (χ2n) is 3.44. The van der Waals surface area contributed by atoms with E-state index < -0.39 is 10.0 Å². The number of hydrogen-bond acceptors (Lipinski definition) is 3. The van der Waals surface area contributed by atoms with Crippen LogP contribution in [-0.4, -0.2) is 45.8 Å². The van der Waals surface area contributed by atoms with Gasteiger partial charge in [0, 0.05) is 13.1 Å². The van der Waals surface area contributed by atoms with Gasteiger partial charge in [-0.1, -0.05) is 0 Å². The quantitative estimate of drug-likeness (QED) is 0.646. The molecule has 0 atom stereocenters. The Labute approximate surface area is 74.0 Å². The summed E-state index contributed by atoms with van der Waals surface area (Å²) in [5.41, 5.74) is 0. The average Bonchev–Trinajstić information content (AvgIpc) is 2.65. The van der Waals surface area contributed by atoms with Gasteiger partial charge in [0.2, 0.25) is 10.0 Å². The molecule has 0 radical (unpaired) electrons. The lowest BCUT2D eigenvalue weighted by atomic mass is 10.6. The molecule has 4 nitrogen and oxygen atoms in total. The molecule has 72 valence electrons. The van der Waals surface area contributed by atoms with Gasteiger partial charge in [-0.3, -0.25) is 0 Å². The van der Waals surface area contributed by atoms with Crippen LogP contribution in [-0.2, 0) is 10.0 Å². The Bertz CT molecular complexity index is 232. The van der Waals surface area contributed by atoms with E-state index >= 15 is 0 Å². The molecular weight excluding hydrogens is 176 g/mol. The first-order chi connectivity index (χ1) is 5.52. The zero-order valence-electron chi connectivity index (χ0n) is 7.58. The minimum absolute atomic E-state index is 0.0975. The van der Waals surface area contributed by atoms with Crippen molar-refractivity contribution in [3.8, 4) is 0 Å². The molecule has 1 saturated carbocycles. The average molecular weight is 192 g/mol. The van der Waals surface area contributed by atoms with Crippen molar-refractivity contribution in [2.45, 2.75) is 18.1 Å². The molecule has 0 spiro atoms. The summed E-state index contributed by atoms with van der Waals surface area (Å²) in [4.78, 5) is 1.95. The molecule has 1 N–H and O–H groups in total. The molecule has 0 aliphatic heterocycles. The summed E-state index contributed by atoms with van der Waals surface area (Å²) in [7, 11) is 0.885. The predicted octanol–water partition coefficient (Wildman–Crippen LogP) is -0.370. The zero-order chi connectivity index (χ0) is 9.19. The summed E-state index contributed by atoms with van der Waals surface area (Å²) in [5.74, 6) is 0. The van der Waals surface area contributed by atoms with Crippen LogP contribution in [0.4, 0.5) is 0 Å². The monoisotopic (exact) mass is 192 g/mol. The van der Waals surface area contributed by atoms with Crippen molar-refractivity contribution in [3.63, 3.8) is 0 Å². The van der Waals surface area contributed by atoms with Gasteiger partial charge in [-0.2, -0.15) is 0 Å². The Morgan fingerprint density at radius 1 is 1.42 bits per heavy atom. The van der Waals surface area contributed by atoms with E-state index in [0.717, 1.165) is 19.4 Å². The van der Waals surface area contributed by atoms with Crippen molar-refractivity contribution in [3.05, 3.63) is 0 Å². The largest absolute Gasteiger partial charge is 0.308 e. The second-order valence-corrected chi connectivity index (χ2v) is 5.49. The highest BCUT2D eigenvalue weighted by Gasteiger charge is 2.35. The highest BCUT2D eigenvalue weighted by Crippen LogP contribution is 2.27. The molecule has 0 aromatic carbocycles. The zero-order valence-corrected chi connectivity index (χ0v) is 8.39. The summed E-state index contributed by atoms with van der Waals surface area (Å²) >= 11 is 0. The SMILES string of the molecule is CN(C)CCNS(=O)(=O)C1CC1. The summed E-state index contributed by atoms with van der Waals surface area (Å²) in [5, 5.41) is -0.0975. The fourth-order valence-electron chi connectivity index (χ4n) is 0.908. The molecule has 1 aliphatic carbocycles. The van der Waals surface area contributed by atoms with E-state index in [1.165, 1.54) is 0 Å². The van der Waals surface area contributed by atoms with E-state index in [-0.39, 0.29) is 5.25 Å². The Hall–Kier alpha value is -0.130. The molecule has 0 saturated heterocycles. The molecule has 1 aliphatic rings. The molecule has 0 aromatic rings. The van der Waals surface area contributed by atoms with Crippen LogP contribution in [0.5, 0.6) is 0 Å². The van der Waals surface area contributed by atoms with Gasteiger partial charge < -0.3 is 4.90 Å². The normalized spacial score (nSPS) is 18.6. The van der Waals surface area contributed by atoms with E-state index in [0.29, 0.717) is 6.54 Å². The van der Waals surface area contributed by atoms with Gasteiger partial charge in [-0.05, 0) is 26.9 Å². The van der Waals surface area contributed by atoms with Gasteiger partial charge in [-0.15, -0.1) is 0 Å². The Morgan fingerprint density at radius 3 is 2.42 bits per heavy atom. The molecule has 0 bridgehead atoms. The topological polar surface area (TPSA) is 49.4 Å². The molecule has 1 fully saturated rings. The number of hydrogen-bond donors (Lipinski definition) is 1. The summed E-state index contributed by atoms with van der Waals surface area (Å²) in [6.07, 6.45) is 1.66. The number of nitrogens with zero attached hydrogens (tertiary/aromatic N) is 1. The lowest BCUT2D eigenvalue weighted by molar-refractivity contribution is 0.412. The van der Waals surface area contributed by atoms with Crippen LogP contribution < -0.4 is 4.72 Å². The summed E-state index contributed by atoms with van der Waals surface area (Å²) in [6.45, 7) is 1.28. The highest BCUT2D eigenvalue weighted by molar-refractivity contribution is 7.90. The van der Waals surface area contributed by atoms with Crippen LogP contribution in [0.1, 0.15) is 12.8 Å². The van der Waals surface area contributed by atoms with Crippen LogP contribution >= 0.6 is 0 Å². The minimum Gasteiger partial charge on any atom is -0.308 e. The molecule has 1 rings (SSSR count). The van der Waals surface area contributed by atoms with Gasteiger partial charge in [-0.25, -0.2) is 13.1 Å². The molecule has 0 amide bonds. The molecule has 5 heteroatoms. The van der Waals surface area contributed by atoms with Crippen molar-refractivity contribution in [1.29, 1.82) is 0 Å². The van der Waals surface area contributed by atoms with Crippen molar-refractivity contribution >= 4 is 10.0 Å². The van der Waals surface area contributed by atoms with Crippen LogP contribution in [0.25, 0.3) is 0 Å². The Balaban J connectivity index is 2.21. The van der Waals surface area contributed by atoms with E-state index in [9.17, 15) is 8.42 Å². The molecule has 0 aromatic heterocycles. The second kappa shape index (κ2) is 3.72. The smallest absolute Gasteiger partial charge is 0.214 e. The van der Waals surface area contributed by atoms with Crippen molar-refractivity contribution in [1.82, 2.24) is 9.62 Å². The fraction of sp³-hybridized carbons (Fsp3) is 1.00. The van der Waals surface area contributed by atoms with Gasteiger partial charge in [0.1, 0.15) is 0 Å². The van der Waals surface area contributed by atoms with Crippen molar-refractivity contribution < 1.29 is 8.42 Å². The number of rotatable bonds is 5. The predicted molar refractivity (Wildman–Crippen MR) is 48.5 cm³/mol. The van der Waals surface area contributed by atoms with Crippen LogP contribution in [0.3, 0.4) is 0 Å². The fourth-order valence-corrected chi connectivity index (χ4v) is 2.28. The Morgan fingerprint density at radius 2 is 2.00 bits per heavy atom. The van der Waals surface area contributed by atoms with E-state index in [1.54, 1.807) is 0 Å². The third-order valence-electron chi connectivity index (χ3n) is 1.83. The van der Waals surface area contributed by atoms with Gasteiger partial charge in [0.05, 0.1) is 5.25 Å². The number of likely N-dealkylation sites (N-methyl/N-ethyl adjacent to an activating group) is 1. The number of sulfonamides is 1. The molecule has 0 heterocycles. The van der Waals surface area contributed by atoms with Crippen molar-refractivity contribution in [2.75, 3.05) is 27.2 Å². The van der Waals surface area contributed by atoms with Crippen LogP contribution in [0.15, 0.2) is 0 Å². The lowest BCUT2D eigenvalue weighted by Gasteiger charge is -2.10. The third-order valence-corrected chi connectivity index (χ3v) is 3.78. The summed E-state index contributed by atoms with van der Waals surface area (Å²) < 4.78 is 25.1. The van der Waals surface area contributed by atoms with Gasteiger partial charge in [0.15, 0.2) is 0 Å². The minimum atomic E-state index is -2.96. The third kappa shape index (κ3) is 3.08. The first kappa shape index (κ1) is 9.95. The summed E-state index contributed by atoms with van der Waals surface area (Å²) in [6, 6.07) is 0. The Kier molecular flexibility index (Phi) is 3.09. The molecule has 12 heavy (non-hydrogen) atoms. The maximum Gasteiger partial charge on any atom is 0.214 e. The molecular formula is C7H16N2O2S. The lowest BCUT2D eigenvalue weighted by Crippen LogP contribution is -2.33. The highest BCUT2D eigenvalue weighted by atomic mass is 32.2. The van der Waals surface area contributed by atoms with Crippen molar-refractivity contribution in [2.24, 2.45) is 0 Å². The number of nitrogens with one attached hydrogen (secondary N) is 1. The van der Waals surface area contributed by atoms with Gasteiger partial charge in [0.25, 0.3) is 0 Å². The maximum absolute atomic E-state index is 11.2. The van der Waals surface area contributed by atoms with E-state index in [1.807, 2.05) is 19.0 Å². The van der Waals surface area contributed by atoms with Crippen LogP contribution in [0, 0.1) is 0 Å². The van der Waals surface area contributed by atoms with Gasteiger partial charge >= 0.3 is 0 Å². The first-order valence-corrected chi connectivity index (χ1v) is 5.70. The van der Waals surface area contributed by atoms with E-state index in [2.05, 4.69) is 4.72 Å².